The Labute approximate surface area is 133 Å². The Kier molecular flexibility index (Phi) is 4.46. The van der Waals surface area contributed by atoms with Crippen molar-refractivity contribution >= 4 is 11.7 Å². The molecule has 2 fully saturated rings. The predicted octanol–water partition coefficient (Wildman–Crippen LogP) is 3.97. The fourth-order valence-electron chi connectivity index (χ4n) is 3.50. The van der Waals surface area contributed by atoms with Crippen LogP contribution in [0.4, 0.5) is 23.7 Å². The van der Waals surface area contributed by atoms with Gasteiger partial charge in [-0.15, -0.1) is 0 Å². The number of hydrogen-bond donors (Lipinski definition) is 1. The Morgan fingerprint density at radius 1 is 1.22 bits per heavy atom. The van der Waals surface area contributed by atoms with E-state index in [1.165, 1.54) is 43.1 Å². The molecule has 0 aromatic carbocycles. The van der Waals surface area contributed by atoms with Crippen LogP contribution in [-0.4, -0.2) is 23.6 Å². The lowest BCUT2D eigenvalue weighted by Crippen LogP contribution is -2.30. The molecule has 1 aliphatic carbocycles. The van der Waals surface area contributed by atoms with Gasteiger partial charge in [-0.3, -0.25) is 4.90 Å². The maximum absolute atomic E-state index is 12.5. The van der Waals surface area contributed by atoms with Crippen molar-refractivity contribution in [3.63, 3.8) is 0 Å². The second-order valence-electron chi connectivity index (χ2n) is 6.40. The number of pyridine rings is 1. The molecule has 2 amide bonds. The van der Waals surface area contributed by atoms with Gasteiger partial charge in [-0.05, 0) is 24.5 Å². The molecule has 126 valence electrons. The van der Waals surface area contributed by atoms with Crippen molar-refractivity contribution in [1.82, 2.24) is 10.3 Å². The smallest absolute Gasteiger partial charge is 0.333 e. The monoisotopic (exact) mass is 327 g/mol. The third kappa shape index (κ3) is 3.76. The van der Waals surface area contributed by atoms with Crippen molar-refractivity contribution < 1.29 is 18.0 Å². The van der Waals surface area contributed by atoms with Crippen LogP contribution in [0.15, 0.2) is 18.3 Å². The van der Waals surface area contributed by atoms with E-state index in [0.717, 1.165) is 18.7 Å². The van der Waals surface area contributed by atoms with E-state index in [9.17, 15) is 18.0 Å². The predicted molar refractivity (Wildman–Crippen MR) is 80.1 cm³/mol. The molecule has 1 saturated carbocycles. The fourth-order valence-corrected chi connectivity index (χ4v) is 3.50. The van der Waals surface area contributed by atoms with Gasteiger partial charge >= 0.3 is 12.2 Å². The Hall–Kier alpha value is -1.79. The molecule has 0 bridgehead atoms. The molecule has 2 heterocycles. The van der Waals surface area contributed by atoms with Crippen molar-refractivity contribution in [3.8, 4) is 0 Å². The van der Waals surface area contributed by atoms with Crippen LogP contribution in [0.25, 0.3) is 0 Å². The lowest BCUT2D eigenvalue weighted by Gasteiger charge is -2.24. The standard InChI is InChI=1S/C16H20F3N3O/c17-16(18,19)14-7-6-13(9-20-14)22-10-12(21-15(22)23)8-11-4-2-1-3-5-11/h6-7,9,11-12H,1-5,8,10H2,(H,21,23)/t12-/m0/s1. The number of rotatable bonds is 3. The van der Waals surface area contributed by atoms with E-state index in [1.54, 1.807) is 0 Å². The molecule has 7 heteroatoms. The van der Waals surface area contributed by atoms with E-state index in [-0.39, 0.29) is 12.1 Å². The van der Waals surface area contributed by atoms with Gasteiger partial charge in [0.15, 0.2) is 0 Å². The van der Waals surface area contributed by atoms with Crippen molar-refractivity contribution in [3.05, 3.63) is 24.0 Å². The number of amides is 2. The van der Waals surface area contributed by atoms with Gasteiger partial charge in [0.1, 0.15) is 5.69 Å². The Balaban J connectivity index is 1.63. The highest BCUT2D eigenvalue weighted by Crippen LogP contribution is 2.31. The first kappa shape index (κ1) is 16.1. The van der Waals surface area contributed by atoms with E-state index in [2.05, 4.69) is 10.3 Å². The van der Waals surface area contributed by atoms with E-state index >= 15 is 0 Å². The third-order valence-electron chi connectivity index (χ3n) is 4.67. The van der Waals surface area contributed by atoms with Gasteiger partial charge in [-0.25, -0.2) is 9.78 Å². The van der Waals surface area contributed by atoms with Crippen LogP contribution in [0.5, 0.6) is 0 Å². The van der Waals surface area contributed by atoms with E-state index < -0.39 is 11.9 Å². The van der Waals surface area contributed by atoms with Gasteiger partial charge in [0.05, 0.1) is 11.9 Å². The Morgan fingerprint density at radius 2 is 1.96 bits per heavy atom. The normalized spacial score (nSPS) is 23.2. The number of urea groups is 1. The number of nitrogens with zero attached hydrogens (tertiary/aromatic N) is 2. The molecule has 1 aromatic heterocycles. The summed E-state index contributed by atoms with van der Waals surface area (Å²) in [5.74, 6) is 0.639. The molecule has 1 saturated heterocycles. The summed E-state index contributed by atoms with van der Waals surface area (Å²) in [6, 6.07) is 2.02. The molecule has 23 heavy (non-hydrogen) atoms. The maximum atomic E-state index is 12.5. The van der Waals surface area contributed by atoms with Crippen LogP contribution < -0.4 is 10.2 Å². The number of anilines is 1. The summed E-state index contributed by atoms with van der Waals surface area (Å²) < 4.78 is 37.6. The molecule has 4 nitrogen and oxygen atoms in total. The molecule has 0 radical (unpaired) electrons. The topological polar surface area (TPSA) is 45.2 Å². The quantitative estimate of drug-likeness (QED) is 0.913. The molecule has 1 N–H and O–H groups in total. The highest BCUT2D eigenvalue weighted by Gasteiger charge is 2.34. The van der Waals surface area contributed by atoms with Gasteiger partial charge in [0.2, 0.25) is 0 Å². The third-order valence-corrected chi connectivity index (χ3v) is 4.67. The number of carbonyl (C=O) groups excluding carboxylic acids is 1. The van der Waals surface area contributed by atoms with Gasteiger partial charge in [-0.1, -0.05) is 32.1 Å². The van der Waals surface area contributed by atoms with Gasteiger partial charge in [-0.2, -0.15) is 13.2 Å². The van der Waals surface area contributed by atoms with Crippen molar-refractivity contribution in [1.29, 1.82) is 0 Å². The minimum Gasteiger partial charge on any atom is -0.333 e. The first-order chi connectivity index (χ1) is 10.9. The SMILES string of the molecule is O=C1N[C@@H](CC2CCCCC2)CN1c1ccc(C(F)(F)F)nc1. The Bertz CT molecular complexity index is 553. The van der Waals surface area contributed by atoms with Gasteiger partial charge < -0.3 is 5.32 Å². The molecule has 0 spiro atoms. The summed E-state index contributed by atoms with van der Waals surface area (Å²) in [6.07, 6.45) is 3.78. The van der Waals surface area contributed by atoms with Gasteiger partial charge in [0.25, 0.3) is 0 Å². The summed E-state index contributed by atoms with van der Waals surface area (Å²) in [7, 11) is 0. The highest BCUT2D eigenvalue weighted by molar-refractivity contribution is 5.94. The molecular weight excluding hydrogens is 307 g/mol. The molecule has 1 atom stereocenters. The molecule has 2 aliphatic rings. The zero-order valence-corrected chi connectivity index (χ0v) is 12.8. The lowest BCUT2D eigenvalue weighted by atomic mass is 9.85. The molecular formula is C16H20F3N3O. The second-order valence-corrected chi connectivity index (χ2v) is 6.40. The summed E-state index contributed by atoms with van der Waals surface area (Å²) in [5, 5.41) is 2.93. The van der Waals surface area contributed by atoms with Crippen LogP contribution in [0.2, 0.25) is 0 Å². The minimum atomic E-state index is -4.46. The summed E-state index contributed by atoms with van der Waals surface area (Å²) in [6.45, 7) is 0.488. The van der Waals surface area contributed by atoms with Crippen LogP contribution in [0, 0.1) is 5.92 Å². The van der Waals surface area contributed by atoms with Crippen molar-refractivity contribution in [2.24, 2.45) is 5.92 Å². The van der Waals surface area contributed by atoms with Gasteiger partial charge in [0, 0.05) is 12.6 Å². The number of nitrogens with one attached hydrogen (secondary N) is 1. The molecule has 1 aliphatic heterocycles. The average Bonchev–Trinajstić information content (AvgIpc) is 2.88. The first-order valence-corrected chi connectivity index (χ1v) is 8.05. The molecule has 0 unspecified atom stereocenters. The van der Waals surface area contributed by atoms with Crippen molar-refractivity contribution in [2.45, 2.75) is 50.7 Å². The number of aromatic nitrogens is 1. The van der Waals surface area contributed by atoms with Crippen LogP contribution >= 0.6 is 0 Å². The number of carbonyl (C=O) groups is 1. The number of hydrogen-bond acceptors (Lipinski definition) is 2. The summed E-state index contributed by atoms with van der Waals surface area (Å²) in [5.41, 5.74) is -0.541. The second kappa shape index (κ2) is 6.37. The zero-order chi connectivity index (χ0) is 16.4. The van der Waals surface area contributed by atoms with Crippen LogP contribution in [0.1, 0.15) is 44.2 Å². The molecule has 1 aromatic rings. The zero-order valence-electron chi connectivity index (χ0n) is 12.8. The maximum Gasteiger partial charge on any atom is 0.433 e. The van der Waals surface area contributed by atoms with Crippen LogP contribution in [-0.2, 0) is 6.18 Å². The van der Waals surface area contributed by atoms with Crippen LogP contribution in [0.3, 0.4) is 0 Å². The van der Waals surface area contributed by atoms with E-state index in [0.29, 0.717) is 18.2 Å². The first-order valence-electron chi connectivity index (χ1n) is 8.05. The largest absolute Gasteiger partial charge is 0.433 e. The Morgan fingerprint density at radius 3 is 2.57 bits per heavy atom. The summed E-state index contributed by atoms with van der Waals surface area (Å²) >= 11 is 0. The minimum absolute atomic E-state index is 0.0629. The average molecular weight is 327 g/mol. The van der Waals surface area contributed by atoms with E-state index in [4.69, 9.17) is 0 Å². The fraction of sp³-hybridized carbons (Fsp3) is 0.625. The lowest BCUT2D eigenvalue weighted by molar-refractivity contribution is -0.141. The molecule has 3 rings (SSSR count). The summed E-state index contributed by atoms with van der Waals surface area (Å²) in [4.78, 5) is 17.0. The highest BCUT2D eigenvalue weighted by atomic mass is 19.4. The number of halogens is 3. The number of alkyl halides is 3. The van der Waals surface area contributed by atoms with E-state index in [1.807, 2.05) is 0 Å². The van der Waals surface area contributed by atoms with Crippen molar-refractivity contribution in [2.75, 3.05) is 11.4 Å².